The molecule has 3 rings (SSSR count). The van der Waals surface area contributed by atoms with Gasteiger partial charge in [-0.1, -0.05) is 9.24 Å². The third kappa shape index (κ3) is 2.42. The third-order valence-electron chi connectivity index (χ3n) is 4.48. The van der Waals surface area contributed by atoms with Crippen LogP contribution in [-0.4, -0.2) is 66.4 Å². The number of rotatable bonds is 3. The Morgan fingerprint density at radius 3 is 3.00 bits per heavy atom. The Morgan fingerprint density at radius 2 is 2.25 bits per heavy atom. The second kappa shape index (κ2) is 5.39. The molecule has 3 heterocycles. The normalized spacial score (nSPS) is 41.4. The molecule has 0 saturated carbocycles. The van der Waals surface area contributed by atoms with Gasteiger partial charge in [0.25, 0.3) is 0 Å². The highest BCUT2D eigenvalue weighted by Gasteiger charge is 2.52. The van der Waals surface area contributed by atoms with Crippen LogP contribution in [0.5, 0.6) is 0 Å². The number of hydrogen-bond acceptors (Lipinski definition) is 3. The van der Waals surface area contributed by atoms with Crippen molar-refractivity contribution >= 4 is 15.3 Å². The van der Waals surface area contributed by atoms with Crippen LogP contribution in [0.15, 0.2) is 0 Å². The number of amides is 2. The summed E-state index contributed by atoms with van der Waals surface area (Å²) < 4.78 is 25.5. The minimum Gasteiger partial charge on any atom is -0.382 e. The first-order valence-corrected chi connectivity index (χ1v) is 7.80. The second-order valence-corrected chi connectivity index (χ2v) is 6.91. The molecule has 3 unspecified atom stereocenters. The Kier molecular flexibility index (Phi) is 3.91. The summed E-state index contributed by atoms with van der Waals surface area (Å²) in [6.45, 7) is 1.71. The van der Waals surface area contributed by atoms with E-state index in [9.17, 15) is 9.18 Å². The highest BCUT2D eigenvalue weighted by Crippen LogP contribution is 2.43. The van der Waals surface area contributed by atoms with E-state index in [0.29, 0.717) is 19.2 Å². The monoisotopic (exact) mass is 304 g/mol. The van der Waals surface area contributed by atoms with Crippen LogP contribution in [0, 0.1) is 0 Å². The summed E-state index contributed by atoms with van der Waals surface area (Å²) in [6.07, 6.45) is 2.14. The van der Waals surface area contributed by atoms with E-state index in [2.05, 4.69) is 9.24 Å². The van der Waals surface area contributed by atoms with Gasteiger partial charge in [0, 0.05) is 32.7 Å². The van der Waals surface area contributed by atoms with Crippen molar-refractivity contribution in [3.8, 4) is 0 Å². The molecule has 0 aromatic rings. The molecular formula is C13H22FN2O3P. The lowest BCUT2D eigenvalue weighted by Gasteiger charge is -2.42. The van der Waals surface area contributed by atoms with E-state index in [0.717, 1.165) is 25.8 Å². The Bertz CT molecular complexity index is 396. The molecule has 114 valence electrons. The van der Waals surface area contributed by atoms with Crippen molar-refractivity contribution in [1.82, 2.24) is 9.80 Å². The van der Waals surface area contributed by atoms with Crippen molar-refractivity contribution in [2.45, 2.75) is 49.5 Å². The number of urea groups is 1. The summed E-state index contributed by atoms with van der Waals surface area (Å²) in [5.74, 6) is 0. The van der Waals surface area contributed by atoms with Crippen LogP contribution in [0.25, 0.3) is 0 Å². The van der Waals surface area contributed by atoms with E-state index in [1.165, 1.54) is 0 Å². The van der Waals surface area contributed by atoms with E-state index < -0.39 is 11.6 Å². The predicted octanol–water partition coefficient (Wildman–Crippen LogP) is 1.58. The molecule has 3 aliphatic rings. The van der Waals surface area contributed by atoms with Crippen molar-refractivity contribution in [2.24, 2.45) is 0 Å². The fraction of sp³-hybridized carbons (Fsp3) is 0.923. The topological polar surface area (TPSA) is 42.0 Å². The van der Waals surface area contributed by atoms with Gasteiger partial charge in [0.1, 0.15) is 0 Å². The van der Waals surface area contributed by atoms with Gasteiger partial charge in [-0.25, -0.2) is 9.18 Å². The molecule has 3 fully saturated rings. The first-order chi connectivity index (χ1) is 9.53. The number of fused-ring (bicyclic) bond motifs is 1. The van der Waals surface area contributed by atoms with Crippen LogP contribution < -0.4 is 0 Å². The van der Waals surface area contributed by atoms with Gasteiger partial charge in [0.15, 0.2) is 11.6 Å². The summed E-state index contributed by atoms with van der Waals surface area (Å²) in [7, 11) is 3.79. The molecule has 0 spiro atoms. The fourth-order valence-corrected chi connectivity index (χ4v) is 4.09. The smallest absolute Gasteiger partial charge is 0.322 e. The molecule has 5 nitrogen and oxygen atoms in total. The zero-order valence-corrected chi connectivity index (χ0v) is 12.9. The molecular weight excluding hydrogens is 282 g/mol. The minimum atomic E-state index is -1.59. The molecule has 0 aliphatic carbocycles. The maximum Gasteiger partial charge on any atom is 0.322 e. The van der Waals surface area contributed by atoms with E-state index in [1.807, 2.05) is 4.90 Å². The van der Waals surface area contributed by atoms with Crippen LogP contribution >= 0.6 is 9.24 Å². The minimum absolute atomic E-state index is 0.0775. The van der Waals surface area contributed by atoms with Gasteiger partial charge in [-0.05, 0) is 19.3 Å². The van der Waals surface area contributed by atoms with Crippen molar-refractivity contribution in [1.29, 1.82) is 0 Å². The van der Waals surface area contributed by atoms with Crippen LogP contribution in [-0.2, 0) is 9.47 Å². The van der Waals surface area contributed by atoms with Gasteiger partial charge < -0.3 is 14.4 Å². The Balaban J connectivity index is 1.73. The van der Waals surface area contributed by atoms with Crippen molar-refractivity contribution in [2.75, 3.05) is 26.8 Å². The number of halogens is 1. The molecule has 0 N–H and O–H groups in total. The molecule has 0 bridgehead atoms. The number of carbonyl (C=O) groups is 1. The van der Waals surface area contributed by atoms with Gasteiger partial charge >= 0.3 is 6.03 Å². The molecule has 0 aromatic heterocycles. The van der Waals surface area contributed by atoms with Crippen LogP contribution in [0.1, 0.15) is 25.7 Å². The molecule has 3 saturated heterocycles. The first kappa shape index (κ1) is 14.5. The average Bonchev–Trinajstić information content (AvgIpc) is 2.95. The van der Waals surface area contributed by atoms with Gasteiger partial charge in [-0.3, -0.25) is 4.90 Å². The third-order valence-corrected chi connectivity index (χ3v) is 5.00. The molecule has 5 atom stereocenters. The Labute approximate surface area is 121 Å². The highest BCUT2D eigenvalue weighted by atomic mass is 31.0. The quantitative estimate of drug-likeness (QED) is 0.744. The second-order valence-electron chi connectivity index (χ2n) is 5.95. The lowest BCUT2D eigenvalue weighted by Crippen LogP contribution is -2.58. The van der Waals surface area contributed by atoms with Gasteiger partial charge in [-0.15, -0.1) is 0 Å². The zero-order valence-electron chi connectivity index (χ0n) is 11.8. The predicted molar refractivity (Wildman–Crippen MR) is 75.2 cm³/mol. The Hall–Kier alpha value is -0.450. The highest BCUT2D eigenvalue weighted by molar-refractivity contribution is 7.18. The summed E-state index contributed by atoms with van der Waals surface area (Å²) in [4.78, 5) is 15.9. The van der Waals surface area contributed by atoms with E-state index in [-0.39, 0.29) is 18.6 Å². The number of alkyl halides is 1. The molecule has 0 aromatic carbocycles. The van der Waals surface area contributed by atoms with Crippen LogP contribution in [0.3, 0.4) is 0 Å². The van der Waals surface area contributed by atoms with E-state index in [1.54, 1.807) is 12.0 Å². The van der Waals surface area contributed by atoms with Gasteiger partial charge in [0.05, 0.1) is 12.7 Å². The van der Waals surface area contributed by atoms with Crippen molar-refractivity contribution < 1.29 is 18.7 Å². The Morgan fingerprint density at radius 1 is 1.45 bits per heavy atom. The standard InChI is InChI=1S/C13H22FN2O3P/c1-18-8-10-7-13(14,20)11(19-10)16-6-4-9-3-2-5-15(9)12(16)17/h9-11H,2-8,20H2,1H3/t9?,10-,11+,13?/m0/s1. The van der Waals surface area contributed by atoms with E-state index >= 15 is 0 Å². The number of hydrogen-bond donors (Lipinski definition) is 0. The number of methoxy groups -OCH3 is 1. The maximum absolute atomic E-state index is 14.7. The maximum atomic E-state index is 14.7. The van der Waals surface area contributed by atoms with Gasteiger partial charge in [-0.2, -0.15) is 0 Å². The molecule has 0 radical (unpaired) electrons. The molecule has 2 amide bonds. The summed E-state index contributed by atoms with van der Waals surface area (Å²) >= 11 is 0. The van der Waals surface area contributed by atoms with Crippen LogP contribution in [0.4, 0.5) is 9.18 Å². The fourth-order valence-electron chi connectivity index (χ4n) is 3.56. The van der Waals surface area contributed by atoms with Gasteiger partial charge in [0.2, 0.25) is 0 Å². The largest absolute Gasteiger partial charge is 0.382 e. The number of carbonyl (C=O) groups excluding carboxylic acids is 1. The summed E-state index contributed by atoms with van der Waals surface area (Å²) in [5, 5.41) is -1.59. The first-order valence-electron chi connectivity index (χ1n) is 7.22. The number of nitrogens with zero attached hydrogens (tertiary/aromatic N) is 2. The van der Waals surface area contributed by atoms with E-state index in [4.69, 9.17) is 9.47 Å². The van der Waals surface area contributed by atoms with Crippen molar-refractivity contribution in [3.05, 3.63) is 0 Å². The molecule has 3 aliphatic heterocycles. The van der Waals surface area contributed by atoms with Crippen LogP contribution in [0.2, 0.25) is 0 Å². The van der Waals surface area contributed by atoms with Crippen molar-refractivity contribution in [3.63, 3.8) is 0 Å². The molecule has 20 heavy (non-hydrogen) atoms. The summed E-state index contributed by atoms with van der Waals surface area (Å²) in [6, 6.07) is 0.264. The SMILES string of the molecule is COC[C@@H]1CC(F)(P)[C@H](N2CCC3CCCN3C2=O)O1. The average molecular weight is 304 g/mol. The molecule has 7 heteroatoms. The lowest BCUT2D eigenvalue weighted by molar-refractivity contribution is -0.0879. The lowest BCUT2D eigenvalue weighted by atomic mass is 10.1. The summed E-state index contributed by atoms with van der Waals surface area (Å²) in [5.41, 5.74) is 0. The zero-order chi connectivity index (χ0) is 14.3. The number of ether oxygens (including phenoxy) is 2.